The lowest BCUT2D eigenvalue weighted by Gasteiger charge is -2.25. The largest absolute Gasteiger partial charge is 0.379 e. The van der Waals surface area contributed by atoms with Crippen molar-refractivity contribution < 1.29 is 4.74 Å². The van der Waals surface area contributed by atoms with Crippen LogP contribution in [0.1, 0.15) is 18.5 Å². The van der Waals surface area contributed by atoms with E-state index in [-0.39, 0.29) is 0 Å². The summed E-state index contributed by atoms with van der Waals surface area (Å²) in [5.41, 5.74) is 1.23. The molecule has 0 aromatic heterocycles. The molecule has 1 atom stereocenters. The molecular weight excluding hydrogens is 254 g/mol. The molecule has 0 heterocycles. The molecule has 0 radical (unpaired) electrons. The smallest absolute Gasteiger partial charge is 0.0593 e. The Labute approximate surface area is 114 Å². The number of nitrogens with zero attached hydrogens (tertiary/aromatic N) is 1. The Morgan fingerprint density at radius 3 is 2.82 bits per heavy atom. The molecule has 0 bridgehead atoms. The molecule has 4 heteroatoms. The Morgan fingerprint density at radius 1 is 1.41 bits per heavy atom. The van der Waals surface area contributed by atoms with E-state index in [0.717, 1.165) is 23.9 Å². The van der Waals surface area contributed by atoms with Crippen LogP contribution in [0.3, 0.4) is 0 Å². The molecule has 17 heavy (non-hydrogen) atoms. The molecule has 1 rings (SSSR count). The van der Waals surface area contributed by atoms with Gasteiger partial charge in [-0.1, -0.05) is 23.7 Å². The maximum Gasteiger partial charge on any atom is 0.0593 e. The molecule has 1 aromatic carbocycles. The Morgan fingerprint density at radius 2 is 2.18 bits per heavy atom. The van der Waals surface area contributed by atoms with Gasteiger partial charge in [-0.15, -0.1) is 0 Å². The predicted octanol–water partition coefficient (Wildman–Crippen LogP) is 3.28. The molecule has 0 amide bonds. The van der Waals surface area contributed by atoms with Gasteiger partial charge < -0.3 is 4.74 Å². The molecule has 0 N–H and O–H groups in total. The highest BCUT2D eigenvalue weighted by Crippen LogP contribution is 2.21. The quantitative estimate of drug-likeness (QED) is 0.605. The van der Waals surface area contributed by atoms with Crippen molar-refractivity contribution in [3.05, 3.63) is 34.9 Å². The summed E-state index contributed by atoms with van der Waals surface area (Å²) in [4.78, 5) is 2.25. The zero-order chi connectivity index (χ0) is 12.7. The lowest BCUT2D eigenvalue weighted by atomic mass is 10.1. The maximum atomic E-state index is 5.99. The average molecular weight is 274 g/mol. The van der Waals surface area contributed by atoms with E-state index in [1.165, 1.54) is 5.56 Å². The third-order valence-corrected chi connectivity index (χ3v) is 3.23. The number of hydrogen-bond donors (Lipinski definition) is 1. The van der Waals surface area contributed by atoms with Crippen LogP contribution in [-0.4, -0.2) is 37.5 Å². The number of benzene rings is 1. The van der Waals surface area contributed by atoms with E-state index in [2.05, 4.69) is 37.6 Å². The molecule has 1 aromatic rings. The topological polar surface area (TPSA) is 12.5 Å². The van der Waals surface area contributed by atoms with Gasteiger partial charge in [-0.05, 0) is 31.7 Å². The summed E-state index contributed by atoms with van der Waals surface area (Å²) >= 11 is 10.1. The van der Waals surface area contributed by atoms with Crippen molar-refractivity contribution >= 4 is 24.2 Å². The van der Waals surface area contributed by atoms with Crippen LogP contribution < -0.4 is 0 Å². The Kier molecular flexibility index (Phi) is 6.97. The van der Waals surface area contributed by atoms with E-state index in [1.54, 1.807) is 0 Å². The number of rotatable bonds is 7. The van der Waals surface area contributed by atoms with Crippen LogP contribution in [0.4, 0.5) is 0 Å². The monoisotopic (exact) mass is 273 g/mol. The fourth-order valence-corrected chi connectivity index (χ4v) is 1.92. The minimum atomic E-state index is 0.341. The molecule has 0 saturated carbocycles. The van der Waals surface area contributed by atoms with Gasteiger partial charge >= 0.3 is 0 Å². The van der Waals surface area contributed by atoms with E-state index in [0.29, 0.717) is 12.6 Å². The van der Waals surface area contributed by atoms with Gasteiger partial charge in [0, 0.05) is 23.4 Å². The Balaban J connectivity index is 2.43. The highest BCUT2D eigenvalue weighted by molar-refractivity contribution is 7.80. The summed E-state index contributed by atoms with van der Waals surface area (Å²) < 4.78 is 5.42. The Hall–Kier alpha value is -0.220. The molecule has 0 aliphatic heterocycles. The zero-order valence-corrected chi connectivity index (χ0v) is 12.0. The SMILES string of the molecule is CC(c1cccc(Cl)c1)N(C)CCOCCS. The van der Waals surface area contributed by atoms with Crippen LogP contribution in [0.5, 0.6) is 0 Å². The van der Waals surface area contributed by atoms with Crippen molar-refractivity contribution in [2.45, 2.75) is 13.0 Å². The zero-order valence-electron chi connectivity index (χ0n) is 10.4. The summed E-state index contributed by atoms with van der Waals surface area (Å²) in [6, 6.07) is 8.33. The first-order chi connectivity index (χ1) is 8.15. The van der Waals surface area contributed by atoms with Crippen molar-refractivity contribution in [3.63, 3.8) is 0 Å². The molecule has 0 saturated heterocycles. The van der Waals surface area contributed by atoms with Gasteiger partial charge in [-0.25, -0.2) is 0 Å². The molecule has 0 spiro atoms. The fraction of sp³-hybridized carbons (Fsp3) is 0.538. The summed E-state index contributed by atoms with van der Waals surface area (Å²) in [5, 5.41) is 0.786. The van der Waals surface area contributed by atoms with Crippen LogP contribution in [0.25, 0.3) is 0 Å². The number of thiol groups is 1. The summed E-state index contributed by atoms with van der Waals surface area (Å²) in [6.07, 6.45) is 0. The van der Waals surface area contributed by atoms with Crippen LogP contribution in [0.15, 0.2) is 24.3 Å². The minimum Gasteiger partial charge on any atom is -0.379 e. The van der Waals surface area contributed by atoms with Crippen molar-refractivity contribution in [1.82, 2.24) is 4.90 Å². The normalized spacial score (nSPS) is 13.0. The highest BCUT2D eigenvalue weighted by Gasteiger charge is 2.11. The maximum absolute atomic E-state index is 5.99. The van der Waals surface area contributed by atoms with Crippen LogP contribution >= 0.6 is 24.2 Å². The van der Waals surface area contributed by atoms with Crippen molar-refractivity contribution in [2.24, 2.45) is 0 Å². The second kappa shape index (κ2) is 7.98. The van der Waals surface area contributed by atoms with Gasteiger partial charge in [-0.3, -0.25) is 4.90 Å². The van der Waals surface area contributed by atoms with Crippen LogP contribution in [-0.2, 0) is 4.74 Å². The van der Waals surface area contributed by atoms with E-state index in [9.17, 15) is 0 Å². The van der Waals surface area contributed by atoms with E-state index < -0.39 is 0 Å². The molecular formula is C13H20ClNOS. The minimum absolute atomic E-state index is 0.341. The molecule has 96 valence electrons. The van der Waals surface area contributed by atoms with Gasteiger partial charge in [0.15, 0.2) is 0 Å². The van der Waals surface area contributed by atoms with E-state index >= 15 is 0 Å². The molecule has 2 nitrogen and oxygen atoms in total. The number of likely N-dealkylation sites (N-methyl/N-ethyl adjacent to an activating group) is 1. The highest BCUT2D eigenvalue weighted by atomic mass is 35.5. The Bertz CT molecular complexity index is 335. The van der Waals surface area contributed by atoms with Gasteiger partial charge in [0.25, 0.3) is 0 Å². The van der Waals surface area contributed by atoms with Gasteiger partial charge in [0.1, 0.15) is 0 Å². The average Bonchev–Trinajstić information content (AvgIpc) is 2.33. The summed E-state index contributed by atoms with van der Waals surface area (Å²) in [6.45, 7) is 4.52. The summed E-state index contributed by atoms with van der Waals surface area (Å²) in [7, 11) is 2.09. The third kappa shape index (κ3) is 5.30. The lowest BCUT2D eigenvalue weighted by Crippen LogP contribution is -2.26. The first-order valence-electron chi connectivity index (χ1n) is 5.79. The van der Waals surface area contributed by atoms with Crippen molar-refractivity contribution in [3.8, 4) is 0 Å². The van der Waals surface area contributed by atoms with Gasteiger partial charge in [0.2, 0.25) is 0 Å². The van der Waals surface area contributed by atoms with Gasteiger partial charge in [0.05, 0.1) is 13.2 Å². The second-order valence-corrected chi connectivity index (χ2v) is 4.93. The standard InChI is InChI=1S/C13H20ClNOS/c1-11(12-4-3-5-13(14)10-12)15(2)6-7-16-8-9-17/h3-5,10-11,17H,6-9H2,1-2H3. The first-order valence-corrected chi connectivity index (χ1v) is 6.80. The number of halogens is 1. The van der Waals surface area contributed by atoms with Gasteiger partial charge in [-0.2, -0.15) is 12.6 Å². The summed E-state index contributed by atoms with van der Waals surface area (Å²) in [5.74, 6) is 0.771. The molecule has 0 fully saturated rings. The van der Waals surface area contributed by atoms with E-state index in [4.69, 9.17) is 16.3 Å². The lowest BCUT2D eigenvalue weighted by molar-refractivity contribution is 0.112. The first kappa shape index (κ1) is 14.8. The van der Waals surface area contributed by atoms with Crippen molar-refractivity contribution in [1.29, 1.82) is 0 Å². The second-order valence-electron chi connectivity index (χ2n) is 4.05. The van der Waals surface area contributed by atoms with Crippen molar-refractivity contribution in [2.75, 3.05) is 32.6 Å². The molecule has 1 unspecified atom stereocenters. The third-order valence-electron chi connectivity index (χ3n) is 2.82. The van der Waals surface area contributed by atoms with Crippen LogP contribution in [0, 0.1) is 0 Å². The molecule has 0 aliphatic rings. The number of ether oxygens (including phenoxy) is 1. The van der Waals surface area contributed by atoms with E-state index in [1.807, 2.05) is 18.2 Å². The van der Waals surface area contributed by atoms with Crippen LogP contribution in [0.2, 0.25) is 5.02 Å². The number of hydrogen-bond acceptors (Lipinski definition) is 3. The molecule has 0 aliphatic carbocycles. The fourth-order valence-electron chi connectivity index (χ4n) is 1.59. The predicted molar refractivity (Wildman–Crippen MR) is 77.2 cm³/mol.